The fourth-order valence-corrected chi connectivity index (χ4v) is 7.11. The van der Waals surface area contributed by atoms with E-state index in [-0.39, 0.29) is 24.5 Å². The minimum Gasteiger partial charge on any atom is -0.508 e. The number of para-hydroxylation sites is 1. The number of aromatic nitrogens is 1. The molecule has 47 heavy (non-hydrogen) atoms. The highest BCUT2D eigenvalue weighted by Crippen LogP contribution is 2.30. The number of carbonyl (C=O) groups excluding carboxylic acids is 4. The quantitative estimate of drug-likeness (QED) is 0.220. The van der Waals surface area contributed by atoms with Crippen LogP contribution in [-0.4, -0.2) is 73.9 Å². The van der Waals surface area contributed by atoms with E-state index in [1.165, 1.54) is 31.0 Å². The summed E-state index contributed by atoms with van der Waals surface area (Å²) in [6.45, 7) is 8.91. The number of aliphatic hydroxyl groups excluding tert-OH is 1. The molecule has 3 aromatic rings. The fraction of sp³-hybridized carbons (Fsp3) is 0.444. The first kappa shape index (κ1) is 35.9. The van der Waals surface area contributed by atoms with Crippen LogP contribution in [0.1, 0.15) is 71.0 Å². The largest absolute Gasteiger partial charge is 0.508 e. The number of amides is 4. The standard InChI is InChI=1S/C36H45BrN4O6/c1-20(15-21(2)17-23(4)42)16-22(3)35(46)41-24(5)36(47)40(6)31(18-28-27-9-7-8-10-29(27)38-33(28)37)34(45)39-30(19-32(41)44)25-11-13-26(43)14-12-25/h7-15,21-24,30-31,38,42-43H,16-19H2,1-6H3,(H,39,45). The Morgan fingerprint density at radius 1 is 1.09 bits per heavy atom. The lowest BCUT2D eigenvalue weighted by Crippen LogP contribution is -2.59. The van der Waals surface area contributed by atoms with Crippen molar-refractivity contribution in [2.75, 3.05) is 7.05 Å². The summed E-state index contributed by atoms with van der Waals surface area (Å²) >= 11 is 3.59. The number of aromatic hydroxyl groups is 1. The Bertz CT molecular complexity index is 1650. The van der Waals surface area contributed by atoms with Gasteiger partial charge >= 0.3 is 0 Å². The number of nitrogens with zero attached hydrogens (tertiary/aromatic N) is 2. The number of phenolic OH excluding ortho intramolecular Hbond substituents is 1. The Hall–Kier alpha value is -3.96. The predicted octanol–water partition coefficient (Wildman–Crippen LogP) is 5.39. The summed E-state index contributed by atoms with van der Waals surface area (Å²) in [5.74, 6) is -2.52. The van der Waals surface area contributed by atoms with Crippen LogP contribution < -0.4 is 5.32 Å². The van der Waals surface area contributed by atoms with Gasteiger partial charge in [-0.2, -0.15) is 0 Å². The average Bonchev–Trinajstić information content (AvgIpc) is 3.32. The van der Waals surface area contributed by atoms with Crippen molar-refractivity contribution in [2.45, 2.75) is 84.5 Å². The molecular weight excluding hydrogens is 664 g/mol. The van der Waals surface area contributed by atoms with Crippen LogP contribution in [0.25, 0.3) is 10.9 Å². The van der Waals surface area contributed by atoms with Gasteiger partial charge in [0, 0.05) is 30.3 Å². The molecule has 10 nitrogen and oxygen atoms in total. The van der Waals surface area contributed by atoms with E-state index in [0.717, 1.165) is 26.9 Å². The number of nitrogens with one attached hydrogen (secondary N) is 2. The van der Waals surface area contributed by atoms with Crippen LogP contribution in [0.15, 0.2) is 64.8 Å². The zero-order valence-corrected chi connectivity index (χ0v) is 29.4. The molecule has 4 N–H and O–H groups in total. The van der Waals surface area contributed by atoms with E-state index in [0.29, 0.717) is 23.0 Å². The number of aliphatic hydroxyl groups is 1. The molecule has 2 heterocycles. The Labute approximate surface area is 284 Å². The van der Waals surface area contributed by atoms with Crippen molar-refractivity contribution in [2.24, 2.45) is 11.8 Å². The number of H-pyrrole nitrogens is 1. The third kappa shape index (κ3) is 8.50. The molecule has 6 unspecified atom stereocenters. The number of carbonyl (C=O) groups is 4. The third-order valence-corrected chi connectivity index (χ3v) is 9.53. The minimum absolute atomic E-state index is 0.0316. The zero-order valence-electron chi connectivity index (χ0n) is 27.8. The molecule has 0 aliphatic carbocycles. The molecule has 1 saturated heterocycles. The second-order valence-electron chi connectivity index (χ2n) is 12.9. The highest BCUT2D eigenvalue weighted by Gasteiger charge is 2.41. The normalized spacial score (nSPS) is 21.8. The van der Waals surface area contributed by atoms with Crippen molar-refractivity contribution in [3.8, 4) is 5.75 Å². The van der Waals surface area contributed by atoms with Crippen LogP contribution >= 0.6 is 15.9 Å². The summed E-state index contributed by atoms with van der Waals surface area (Å²) in [6, 6.07) is 10.9. The maximum atomic E-state index is 14.1. The maximum absolute atomic E-state index is 14.1. The number of hydrogen-bond donors (Lipinski definition) is 4. The van der Waals surface area contributed by atoms with E-state index in [4.69, 9.17) is 0 Å². The van der Waals surface area contributed by atoms with Crippen molar-refractivity contribution in [3.05, 3.63) is 75.9 Å². The molecule has 2 aromatic carbocycles. The van der Waals surface area contributed by atoms with E-state index in [1.807, 2.05) is 44.2 Å². The van der Waals surface area contributed by atoms with Gasteiger partial charge in [0.1, 0.15) is 17.8 Å². The predicted molar refractivity (Wildman–Crippen MR) is 184 cm³/mol. The summed E-state index contributed by atoms with van der Waals surface area (Å²) < 4.78 is 0.694. The van der Waals surface area contributed by atoms with E-state index in [2.05, 4.69) is 26.2 Å². The van der Waals surface area contributed by atoms with Gasteiger partial charge < -0.3 is 25.4 Å². The van der Waals surface area contributed by atoms with Gasteiger partial charge in [-0.3, -0.25) is 24.1 Å². The molecule has 0 saturated carbocycles. The minimum atomic E-state index is -1.17. The van der Waals surface area contributed by atoms with Crippen molar-refractivity contribution in [1.29, 1.82) is 0 Å². The van der Waals surface area contributed by atoms with Gasteiger partial charge in [0.15, 0.2) is 0 Å². The summed E-state index contributed by atoms with van der Waals surface area (Å²) in [6.07, 6.45) is 2.43. The number of hydrogen-bond acceptors (Lipinski definition) is 6. The Kier molecular flexibility index (Phi) is 11.7. The maximum Gasteiger partial charge on any atom is 0.246 e. The van der Waals surface area contributed by atoms with Crippen LogP contribution in [0, 0.1) is 11.8 Å². The van der Waals surface area contributed by atoms with E-state index in [1.54, 1.807) is 26.0 Å². The number of allylic oxidation sites excluding steroid dienone is 2. The molecule has 11 heteroatoms. The first-order chi connectivity index (χ1) is 22.2. The molecule has 1 aromatic heterocycles. The van der Waals surface area contributed by atoms with Gasteiger partial charge in [-0.1, -0.05) is 55.8 Å². The van der Waals surface area contributed by atoms with Crippen molar-refractivity contribution in [1.82, 2.24) is 20.1 Å². The van der Waals surface area contributed by atoms with E-state index < -0.39 is 53.8 Å². The Morgan fingerprint density at radius 3 is 2.40 bits per heavy atom. The lowest BCUT2D eigenvalue weighted by atomic mass is 9.94. The molecule has 0 bridgehead atoms. The van der Waals surface area contributed by atoms with E-state index >= 15 is 0 Å². The first-order valence-electron chi connectivity index (χ1n) is 16.0. The molecule has 1 aliphatic rings. The first-order valence-corrected chi connectivity index (χ1v) is 16.8. The molecular formula is C36H45BrN4O6. The molecule has 252 valence electrons. The van der Waals surface area contributed by atoms with Crippen LogP contribution in [0.5, 0.6) is 5.75 Å². The van der Waals surface area contributed by atoms with E-state index in [9.17, 15) is 29.4 Å². The number of rotatable bonds is 9. The SMILES string of the molecule is CC(=CC(C)CC(C)O)CC(C)C(=O)N1C(=O)CC(c2ccc(O)cc2)NC(=O)C(Cc2c(Br)[nH]c3ccccc23)N(C)C(=O)C1C. The lowest BCUT2D eigenvalue weighted by molar-refractivity contribution is -0.158. The third-order valence-electron chi connectivity index (χ3n) is 8.85. The Balaban J connectivity index is 1.71. The van der Waals surface area contributed by atoms with Gasteiger partial charge in [0.2, 0.25) is 23.6 Å². The molecule has 0 radical (unpaired) electrons. The topological polar surface area (TPSA) is 143 Å². The van der Waals surface area contributed by atoms with Gasteiger partial charge in [-0.05, 0) is 84.8 Å². The molecule has 6 atom stereocenters. The van der Waals surface area contributed by atoms with Crippen LogP contribution in [0.3, 0.4) is 0 Å². The second kappa shape index (κ2) is 15.3. The van der Waals surface area contributed by atoms with Crippen molar-refractivity contribution >= 4 is 50.5 Å². The van der Waals surface area contributed by atoms with Gasteiger partial charge in [-0.15, -0.1) is 0 Å². The number of aromatic amines is 1. The second-order valence-corrected chi connectivity index (χ2v) is 13.7. The van der Waals surface area contributed by atoms with Crippen LogP contribution in [-0.2, 0) is 25.6 Å². The number of benzene rings is 2. The highest BCUT2D eigenvalue weighted by atomic mass is 79.9. The van der Waals surface area contributed by atoms with Crippen LogP contribution in [0.4, 0.5) is 0 Å². The number of likely N-dealkylation sites (N-methyl/N-ethyl adjacent to an activating group) is 1. The molecule has 4 rings (SSSR count). The van der Waals surface area contributed by atoms with Crippen molar-refractivity contribution < 1.29 is 29.4 Å². The molecule has 1 aliphatic heterocycles. The summed E-state index contributed by atoms with van der Waals surface area (Å²) in [5, 5.41) is 23.5. The number of phenols is 1. The lowest BCUT2D eigenvalue weighted by Gasteiger charge is -2.37. The summed E-state index contributed by atoms with van der Waals surface area (Å²) in [5.41, 5.74) is 3.21. The molecule has 4 amide bonds. The Morgan fingerprint density at radius 2 is 1.74 bits per heavy atom. The van der Waals surface area contributed by atoms with Gasteiger partial charge in [-0.25, -0.2) is 0 Å². The number of imide groups is 1. The van der Waals surface area contributed by atoms with Gasteiger partial charge in [0.05, 0.1) is 23.2 Å². The average molecular weight is 710 g/mol. The zero-order chi connectivity index (χ0) is 34.6. The number of halogens is 1. The fourth-order valence-electron chi connectivity index (χ4n) is 6.52. The van der Waals surface area contributed by atoms with Gasteiger partial charge in [0.25, 0.3) is 0 Å². The van der Waals surface area contributed by atoms with Crippen molar-refractivity contribution in [3.63, 3.8) is 0 Å². The summed E-state index contributed by atoms with van der Waals surface area (Å²) in [4.78, 5) is 61.8. The highest BCUT2D eigenvalue weighted by molar-refractivity contribution is 9.10. The smallest absolute Gasteiger partial charge is 0.246 e. The molecule has 0 spiro atoms. The summed E-state index contributed by atoms with van der Waals surface area (Å²) in [7, 11) is 1.52. The monoisotopic (exact) mass is 708 g/mol. The molecule has 1 fully saturated rings. The van der Waals surface area contributed by atoms with Crippen LogP contribution in [0.2, 0.25) is 0 Å². The number of fused-ring (bicyclic) bond motifs is 1.